The molecule has 0 amide bonds. The molecule has 0 spiro atoms. The molecule has 1 saturated heterocycles. The molecule has 1 aromatic rings. The molecule has 0 unspecified atom stereocenters. The topological polar surface area (TPSA) is 48.1 Å². The number of hydrogen-bond acceptors (Lipinski definition) is 5. The summed E-state index contributed by atoms with van der Waals surface area (Å²) in [5.74, 6) is -12.4. The number of epoxide rings is 1. The highest BCUT2D eigenvalue weighted by molar-refractivity contribution is 7.79. The van der Waals surface area contributed by atoms with Crippen LogP contribution in [0.1, 0.15) is 19.8 Å². The lowest BCUT2D eigenvalue weighted by Gasteiger charge is -2.16. The summed E-state index contributed by atoms with van der Waals surface area (Å²) in [4.78, 5) is 12.3. The molecule has 10 heteroatoms. The van der Waals surface area contributed by atoms with Crippen molar-refractivity contribution >= 4 is 23.2 Å². The van der Waals surface area contributed by atoms with Gasteiger partial charge in [-0.15, -0.1) is 0 Å². The summed E-state index contributed by atoms with van der Waals surface area (Å²) in [5.41, 5.74) is -0.792. The molecule has 4 rings (SSSR count). The van der Waals surface area contributed by atoms with Gasteiger partial charge in [-0.1, -0.05) is 0 Å². The molecular formula is C17H13F5O4S. The van der Waals surface area contributed by atoms with Crippen LogP contribution in [0, 0.1) is 46.3 Å². The van der Waals surface area contributed by atoms with Crippen molar-refractivity contribution in [3.8, 4) is 5.75 Å². The number of fused-ring (bicyclic) bond motifs is 1. The number of rotatable bonds is 4. The number of thiocarbonyl (C=S) groups is 1. The van der Waals surface area contributed by atoms with Crippen LogP contribution in [0.25, 0.3) is 0 Å². The van der Waals surface area contributed by atoms with Crippen molar-refractivity contribution in [3.63, 3.8) is 0 Å². The normalized spacial score (nSPS) is 33.6. The Morgan fingerprint density at radius 2 is 1.70 bits per heavy atom. The predicted octanol–water partition coefficient (Wildman–Crippen LogP) is 3.45. The lowest BCUT2D eigenvalue weighted by atomic mass is 9.96. The Bertz CT molecular complexity index is 833. The third-order valence-corrected chi connectivity index (χ3v) is 5.88. The van der Waals surface area contributed by atoms with Gasteiger partial charge in [-0.05, 0) is 19.3 Å². The molecule has 0 N–H and O–H groups in total. The number of carbonyl (C=O) groups excluding carboxylic acids is 1. The summed E-state index contributed by atoms with van der Waals surface area (Å²) in [5, 5.41) is -0.832. The van der Waals surface area contributed by atoms with E-state index in [1.807, 2.05) is 6.92 Å². The van der Waals surface area contributed by atoms with Crippen LogP contribution in [0.5, 0.6) is 5.75 Å². The highest BCUT2D eigenvalue weighted by Gasteiger charge is 2.77. The Labute approximate surface area is 155 Å². The molecule has 2 aliphatic carbocycles. The van der Waals surface area contributed by atoms with E-state index < -0.39 is 45.5 Å². The lowest BCUT2D eigenvalue weighted by Crippen LogP contribution is -2.27. The number of benzene rings is 1. The Kier molecular flexibility index (Phi) is 4.19. The van der Waals surface area contributed by atoms with Gasteiger partial charge < -0.3 is 14.2 Å². The first kappa shape index (κ1) is 18.5. The Balaban J connectivity index is 1.46. The quantitative estimate of drug-likeness (QED) is 0.251. The van der Waals surface area contributed by atoms with Crippen molar-refractivity contribution in [2.45, 2.75) is 32.0 Å². The van der Waals surface area contributed by atoms with E-state index in [0.29, 0.717) is 12.8 Å². The molecule has 1 aliphatic heterocycles. The van der Waals surface area contributed by atoms with Crippen LogP contribution in [0.3, 0.4) is 0 Å². The van der Waals surface area contributed by atoms with Gasteiger partial charge in [0.15, 0.2) is 0 Å². The van der Waals surface area contributed by atoms with Gasteiger partial charge in [-0.2, -0.15) is 8.78 Å². The van der Waals surface area contributed by atoms with E-state index in [0.717, 1.165) is 0 Å². The van der Waals surface area contributed by atoms with E-state index in [4.69, 9.17) is 21.7 Å². The molecular weight excluding hydrogens is 395 g/mol. The fourth-order valence-electron chi connectivity index (χ4n) is 4.25. The SMILES string of the molecule is C[C@H]1O[C@@H]1[C@@H]1[C@H]2CCC(=O)[C@@]12COC(=S)Oc1c(F)c(F)c(F)c(F)c1F. The van der Waals surface area contributed by atoms with Crippen molar-refractivity contribution in [1.29, 1.82) is 0 Å². The average Bonchev–Trinajstić information content (AvgIpc) is 3.49. The van der Waals surface area contributed by atoms with Crippen LogP contribution in [0.4, 0.5) is 22.0 Å². The monoisotopic (exact) mass is 408 g/mol. The number of Topliss-reactive ketones (excluding diaryl/α,β-unsaturated/α-hetero) is 1. The molecule has 5 atom stereocenters. The first-order valence-corrected chi connectivity index (χ1v) is 8.65. The van der Waals surface area contributed by atoms with E-state index in [1.54, 1.807) is 0 Å². The number of ether oxygens (including phenoxy) is 3. The van der Waals surface area contributed by atoms with E-state index in [9.17, 15) is 26.7 Å². The number of halogens is 5. The summed E-state index contributed by atoms with van der Waals surface area (Å²) in [7, 11) is 0. The molecule has 2 saturated carbocycles. The van der Waals surface area contributed by atoms with E-state index in [-0.39, 0.29) is 36.4 Å². The molecule has 1 heterocycles. The standard InChI is InChI=1S/C17H13F5O4S/c1-5-14(25-5)8-6-2-3-7(23)17(6,8)4-24-16(27)26-15-12(21)10(19)9(18)11(20)13(15)22/h5-6,8,14H,2-4H2,1H3/t5-,6-,8+,14+,17+/m1/s1. The fraction of sp³-hybridized carbons (Fsp3) is 0.529. The molecule has 3 fully saturated rings. The molecule has 27 heavy (non-hydrogen) atoms. The van der Waals surface area contributed by atoms with Crippen molar-refractivity contribution in [1.82, 2.24) is 0 Å². The summed E-state index contributed by atoms with van der Waals surface area (Å²) in [6.45, 7) is 1.69. The number of carbonyl (C=O) groups is 1. The highest BCUT2D eigenvalue weighted by atomic mass is 32.1. The van der Waals surface area contributed by atoms with Gasteiger partial charge in [0, 0.05) is 24.6 Å². The zero-order chi connectivity index (χ0) is 19.7. The Hall–Kier alpha value is -1.81. The van der Waals surface area contributed by atoms with Gasteiger partial charge in [-0.25, -0.2) is 13.2 Å². The van der Waals surface area contributed by atoms with Crippen molar-refractivity contribution < 1.29 is 41.0 Å². The Morgan fingerprint density at radius 1 is 1.15 bits per heavy atom. The zero-order valence-electron chi connectivity index (χ0n) is 13.9. The molecule has 146 valence electrons. The van der Waals surface area contributed by atoms with Gasteiger partial charge >= 0.3 is 5.24 Å². The maximum Gasteiger partial charge on any atom is 0.358 e. The van der Waals surface area contributed by atoms with Gasteiger partial charge in [0.25, 0.3) is 0 Å². The second kappa shape index (κ2) is 6.10. The van der Waals surface area contributed by atoms with Crippen LogP contribution in [-0.4, -0.2) is 29.8 Å². The number of hydrogen-bond donors (Lipinski definition) is 0. The number of ketones is 1. The molecule has 4 nitrogen and oxygen atoms in total. The van der Waals surface area contributed by atoms with Gasteiger partial charge in [0.2, 0.25) is 34.8 Å². The first-order chi connectivity index (χ1) is 12.7. The molecule has 0 bridgehead atoms. The Morgan fingerprint density at radius 3 is 2.26 bits per heavy atom. The zero-order valence-corrected chi connectivity index (χ0v) is 14.7. The van der Waals surface area contributed by atoms with Crippen molar-refractivity contribution in [3.05, 3.63) is 29.1 Å². The lowest BCUT2D eigenvalue weighted by molar-refractivity contribution is -0.124. The summed E-state index contributed by atoms with van der Waals surface area (Å²) < 4.78 is 81.9. The average molecular weight is 408 g/mol. The summed E-state index contributed by atoms with van der Waals surface area (Å²) >= 11 is 4.70. The first-order valence-electron chi connectivity index (χ1n) is 8.25. The predicted molar refractivity (Wildman–Crippen MR) is 83.4 cm³/mol. The highest BCUT2D eigenvalue weighted by Crippen LogP contribution is 2.70. The van der Waals surface area contributed by atoms with Gasteiger partial charge in [0.05, 0.1) is 17.6 Å². The van der Waals surface area contributed by atoms with Crippen LogP contribution in [0.2, 0.25) is 0 Å². The molecule has 3 aliphatic rings. The minimum absolute atomic E-state index is 0.0146. The third-order valence-electron chi connectivity index (χ3n) is 5.68. The molecule has 0 radical (unpaired) electrons. The van der Waals surface area contributed by atoms with Crippen LogP contribution >= 0.6 is 12.2 Å². The second-order valence-electron chi connectivity index (χ2n) is 6.98. The van der Waals surface area contributed by atoms with Crippen molar-refractivity contribution in [2.75, 3.05) is 6.61 Å². The van der Waals surface area contributed by atoms with Crippen LogP contribution in [-0.2, 0) is 14.3 Å². The van der Waals surface area contributed by atoms with Gasteiger partial charge in [0.1, 0.15) is 12.4 Å². The van der Waals surface area contributed by atoms with E-state index in [1.165, 1.54) is 0 Å². The summed E-state index contributed by atoms with van der Waals surface area (Å²) in [6, 6.07) is 0. The minimum Gasteiger partial charge on any atom is -0.455 e. The maximum absolute atomic E-state index is 13.6. The second-order valence-corrected chi connectivity index (χ2v) is 7.31. The minimum atomic E-state index is -2.30. The summed E-state index contributed by atoms with van der Waals surface area (Å²) in [6.07, 6.45) is 1.07. The van der Waals surface area contributed by atoms with E-state index >= 15 is 0 Å². The van der Waals surface area contributed by atoms with Crippen LogP contribution < -0.4 is 4.74 Å². The van der Waals surface area contributed by atoms with E-state index in [2.05, 4.69) is 4.74 Å². The van der Waals surface area contributed by atoms with Crippen molar-refractivity contribution in [2.24, 2.45) is 17.3 Å². The smallest absolute Gasteiger partial charge is 0.358 e. The molecule has 1 aromatic carbocycles. The van der Waals surface area contributed by atoms with Gasteiger partial charge in [-0.3, -0.25) is 4.79 Å². The molecule has 0 aromatic heterocycles. The fourth-order valence-corrected chi connectivity index (χ4v) is 4.39. The third kappa shape index (κ3) is 2.64. The maximum atomic E-state index is 13.6. The van der Waals surface area contributed by atoms with Crippen LogP contribution in [0.15, 0.2) is 0 Å². The largest absolute Gasteiger partial charge is 0.455 e.